The Hall–Kier alpha value is 1.48. The molecule has 0 saturated heterocycles. The van der Waals surface area contributed by atoms with Gasteiger partial charge in [-0.1, -0.05) is 3.89 Å². The summed E-state index contributed by atoms with van der Waals surface area (Å²) in [7, 11) is -5.17. The fourth-order valence-electron chi connectivity index (χ4n) is 0. The monoisotopic (exact) mass is 140 g/mol. The van der Waals surface area contributed by atoms with Crippen LogP contribution in [0.5, 0.6) is 0 Å². The van der Waals surface area contributed by atoms with Gasteiger partial charge in [-0.15, -0.1) is 0 Å². The number of rotatable bonds is 0. The molecule has 0 atom stereocenters. The second kappa shape index (κ2) is 3.47. The molecule has 0 fully saturated rings. The zero-order valence-corrected chi connectivity index (χ0v) is 6.99. The van der Waals surface area contributed by atoms with Crippen LogP contribution in [0.2, 0.25) is 0 Å². The summed E-state index contributed by atoms with van der Waals surface area (Å²) in [5, 5.41) is 0. The molecule has 0 aromatic heterocycles. The largest absolute Gasteiger partial charge is 1.00 e. The third kappa shape index (κ3) is 50.3. The van der Waals surface area contributed by atoms with Crippen molar-refractivity contribution in [1.29, 1.82) is 0 Å². The Morgan fingerprint density at radius 1 is 1.67 bits per heavy atom. The van der Waals surface area contributed by atoms with Crippen molar-refractivity contribution in [3.05, 3.63) is 0 Å². The van der Waals surface area contributed by atoms with Crippen molar-refractivity contribution >= 4 is 10.5 Å². The molecule has 3 nitrogen and oxygen atoms in total. The van der Waals surface area contributed by atoms with Crippen LogP contribution in [-0.2, 0) is 10.5 Å². The van der Waals surface area contributed by atoms with Crippen molar-refractivity contribution < 1.29 is 69.7 Å². The Labute approximate surface area is 78.9 Å². The summed E-state index contributed by atoms with van der Waals surface area (Å²) in [6.07, 6.45) is 0. The van der Waals surface area contributed by atoms with Gasteiger partial charge in [-0.2, -0.15) is 8.42 Å². The average Bonchev–Trinajstić information content (AvgIpc) is 0.722. The maximum absolute atomic E-state index is 10.2. The first-order valence-electron chi connectivity index (χ1n) is 0.670. The molecular weight excluding hydrogens is 138 g/mol. The molecule has 0 aliphatic carbocycles. The summed E-state index contributed by atoms with van der Waals surface area (Å²) in [5.41, 5.74) is 0. The molecule has 0 saturated carbocycles. The third-order valence-corrected chi connectivity index (χ3v) is 0. The van der Waals surface area contributed by atoms with E-state index in [-0.39, 0.29) is 52.8 Å². The topological polar surface area (TPSA) is 54.4 Å². The molecule has 34 valence electrons. The summed E-state index contributed by atoms with van der Waals surface area (Å²) in [6.45, 7) is 0. The normalized spacial score (nSPS) is 9.67. The molecule has 0 aliphatic heterocycles. The molecule has 6 heavy (non-hydrogen) atoms. The van der Waals surface area contributed by atoms with Crippen LogP contribution < -0.4 is 51.4 Å². The molecule has 0 rings (SSSR count). The molecule has 0 spiro atoms. The summed E-state index contributed by atoms with van der Waals surface area (Å²) in [6, 6.07) is 0. The van der Waals surface area contributed by atoms with Crippen LogP contribution in [0.4, 0.5) is 3.89 Å². The molecule has 0 amide bonds. The molecule has 0 heterocycles. The predicted octanol–water partition coefficient (Wildman–Crippen LogP) is -3.12. The summed E-state index contributed by atoms with van der Waals surface area (Å²) >= 11 is 0. The van der Waals surface area contributed by atoms with Gasteiger partial charge in [-0.25, -0.2) is 0 Å². The molecule has 0 bridgehead atoms. The Kier molecular flexibility index (Phi) is 6.06. The van der Waals surface area contributed by atoms with Crippen LogP contribution in [0.25, 0.3) is 0 Å². The van der Waals surface area contributed by atoms with Crippen LogP contribution >= 0.6 is 0 Å². The Bertz CT molecular complexity index is 98.1. The first-order chi connectivity index (χ1) is 2.00. The van der Waals surface area contributed by atoms with E-state index < -0.39 is 10.5 Å². The van der Waals surface area contributed by atoms with Crippen molar-refractivity contribution in [2.75, 3.05) is 0 Å². The smallest absolute Gasteiger partial charge is 1.00 e. The summed E-state index contributed by atoms with van der Waals surface area (Å²) < 4.78 is 34.1. The van der Waals surface area contributed by atoms with Crippen LogP contribution in [0.1, 0.15) is 1.43 Å². The summed E-state index contributed by atoms with van der Waals surface area (Å²) in [5.74, 6) is 0. The standard InChI is InChI=1S/FHO3S.K.H/c1-5(2,3)4;;/h(H,2,3,4);;/q;+1;-1. The number of hydrogen-bond donors (Lipinski definition) is 1. The van der Waals surface area contributed by atoms with Gasteiger partial charge >= 0.3 is 61.9 Å². The van der Waals surface area contributed by atoms with Gasteiger partial charge in [0.1, 0.15) is 0 Å². The van der Waals surface area contributed by atoms with E-state index in [2.05, 4.69) is 0 Å². The Morgan fingerprint density at radius 2 is 1.67 bits per heavy atom. The maximum Gasteiger partial charge on any atom is 1.00 e. The van der Waals surface area contributed by atoms with Crippen LogP contribution in [0.3, 0.4) is 0 Å². The van der Waals surface area contributed by atoms with Gasteiger partial charge in [-0.3, -0.25) is 4.55 Å². The van der Waals surface area contributed by atoms with E-state index in [0.29, 0.717) is 0 Å². The molecule has 0 aromatic carbocycles. The van der Waals surface area contributed by atoms with Crippen LogP contribution in [0.15, 0.2) is 0 Å². The SMILES string of the molecule is O=S(=O)(O)F.[H-].[K+]. The molecule has 0 unspecified atom stereocenters. The quantitative estimate of drug-likeness (QED) is 0.220. The maximum atomic E-state index is 10.2. The van der Waals surface area contributed by atoms with Crippen molar-refractivity contribution in [3.8, 4) is 0 Å². The minimum Gasteiger partial charge on any atom is -1.00 e. The van der Waals surface area contributed by atoms with Crippen LogP contribution in [-0.4, -0.2) is 13.0 Å². The van der Waals surface area contributed by atoms with Gasteiger partial charge in [0.25, 0.3) is 0 Å². The molecule has 1 N–H and O–H groups in total. The number of halogens is 1. The second-order valence-electron chi connectivity index (χ2n) is 0.412. The minimum absolute atomic E-state index is 0. The van der Waals surface area contributed by atoms with Gasteiger partial charge in [-0.05, 0) is 0 Å². The van der Waals surface area contributed by atoms with E-state index >= 15 is 0 Å². The van der Waals surface area contributed by atoms with Crippen molar-refractivity contribution in [1.82, 2.24) is 0 Å². The van der Waals surface area contributed by atoms with Gasteiger partial charge < -0.3 is 1.43 Å². The van der Waals surface area contributed by atoms with E-state index in [1.807, 2.05) is 0 Å². The molecule has 0 aliphatic rings. The third-order valence-electron chi connectivity index (χ3n) is 0. The minimum atomic E-state index is -5.17. The van der Waals surface area contributed by atoms with E-state index in [1.54, 1.807) is 0 Å². The van der Waals surface area contributed by atoms with Gasteiger partial charge in [0.2, 0.25) is 0 Å². The Morgan fingerprint density at radius 3 is 1.67 bits per heavy atom. The van der Waals surface area contributed by atoms with Gasteiger partial charge in [0.15, 0.2) is 0 Å². The van der Waals surface area contributed by atoms with Crippen molar-refractivity contribution in [3.63, 3.8) is 0 Å². The summed E-state index contributed by atoms with van der Waals surface area (Å²) in [4.78, 5) is 0. The average molecular weight is 140 g/mol. The fraction of sp³-hybridized carbons (Fsp3) is 0. The molecule has 0 aromatic rings. The molecule has 0 radical (unpaired) electrons. The van der Waals surface area contributed by atoms with Gasteiger partial charge in [0.05, 0.1) is 0 Å². The van der Waals surface area contributed by atoms with E-state index in [4.69, 9.17) is 13.0 Å². The van der Waals surface area contributed by atoms with Gasteiger partial charge in [0, 0.05) is 0 Å². The zero-order chi connectivity index (χ0) is 4.50. The Balaban J connectivity index is -0.0000000800. The predicted molar refractivity (Wildman–Crippen MR) is 13.8 cm³/mol. The first-order valence-corrected chi connectivity index (χ1v) is 2.01. The molecular formula is H2FKO3S. The van der Waals surface area contributed by atoms with E-state index in [9.17, 15) is 3.89 Å². The van der Waals surface area contributed by atoms with Crippen molar-refractivity contribution in [2.45, 2.75) is 0 Å². The van der Waals surface area contributed by atoms with Crippen molar-refractivity contribution in [2.24, 2.45) is 0 Å². The fourth-order valence-corrected chi connectivity index (χ4v) is 0. The number of hydrogen-bond acceptors (Lipinski definition) is 2. The second-order valence-corrected chi connectivity index (χ2v) is 1.24. The van der Waals surface area contributed by atoms with E-state index in [1.165, 1.54) is 0 Å². The van der Waals surface area contributed by atoms with E-state index in [0.717, 1.165) is 0 Å². The molecule has 6 heteroatoms. The van der Waals surface area contributed by atoms with Crippen LogP contribution in [0, 0.1) is 0 Å². The first kappa shape index (κ1) is 10.5. The zero-order valence-electron chi connectivity index (χ0n) is 4.05.